The molecule has 0 aromatic heterocycles. The van der Waals surface area contributed by atoms with Gasteiger partial charge in [-0.1, -0.05) is 35.9 Å². The first-order chi connectivity index (χ1) is 12.6. The minimum Gasteiger partial charge on any atom is -0.489 e. The van der Waals surface area contributed by atoms with Gasteiger partial charge in [-0.2, -0.15) is 0 Å². The average Bonchev–Trinajstić information content (AvgIpc) is 2.67. The monoisotopic (exact) mass is 368 g/mol. The summed E-state index contributed by atoms with van der Waals surface area (Å²) in [5.41, 5.74) is 3.05. The molecule has 0 saturated heterocycles. The molecule has 0 radical (unpaired) electrons. The Morgan fingerprint density at radius 2 is 1.50 bits per heavy atom. The van der Waals surface area contributed by atoms with Gasteiger partial charge in [0.2, 0.25) is 0 Å². The lowest BCUT2D eigenvalue weighted by Gasteiger charge is -2.09. The maximum atomic E-state index is 10.6. The Morgan fingerprint density at radius 3 is 2.12 bits per heavy atom. The SMILES string of the molecule is O=[N+]([O-])c1ccc(NCc2ccc(OCc3ccc(Cl)cc3)cc2)cc1. The number of nitro benzene ring substituents is 1. The van der Waals surface area contributed by atoms with Crippen molar-refractivity contribution in [1.29, 1.82) is 0 Å². The van der Waals surface area contributed by atoms with Gasteiger partial charge < -0.3 is 10.1 Å². The van der Waals surface area contributed by atoms with Crippen LogP contribution in [0.15, 0.2) is 72.8 Å². The Hall–Kier alpha value is -3.05. The molecule has 3 aromatic rings. The molecule has 0 atom stereocenters. The fourth-order valence-corrected chi connectivity index (χ4v) is 2.48. The summed E-state index contributed by atoms with van der Waals surface area (Å²) in [7, 11) is 0. The molecule has 26 heavy (non-hydrogen) atoms. The van der Waals surface area contributed by atoms with Crippen molar-refractivity contribution in [2.75, 3.05) is 5.32 Å². The number of rotatable bonds is 7. The van der Waals surface area contributed by atoms with Crippen LogP contribution < -0.4 is 10.1 Å². The smallest absolute Gasteiger partial charge is 0.269 e. The predicted molar refractivity (Wildman–Crippen MR) is 103 cm³/mol. The number of benzene rings is 3. The Bertz CT molecular complexity index is 863. The van der Waals surface area contributed by atoms with E-state index in [0.29, 0.717) is 18.2 Å². The Balaban J connectivity index is 1.50. The van der Waals surface area contributed by atoms with Crippen molar-refractivity contribution in [3.8, 4) is 5.75 Å². The summed E-state index contributed by atoms with van der Waals surface area (Å²) < 4.78 is 5.76. The van der Waals surface area contributed by atoms with Crippen molar-refractivity contribution in [3.05, 3.63) is 99.1 Å². The average molecular weight is 369 g/mol. The molecule has 0 saturated carbocycles. The maximum absolute atomic E-state index is 10.6. The van der Waals surface area contributed by atoms with Crippen molar-refractivity contribution in [1.82, 2.24) is 0 Å². The minimum atomic E-state index is -0.410. The van der Waals surface area contributed by atoms with E-state index in [1.165, 1.54) is 12.1 Å². The van der Waals surface area contributed by atoms with Gasteiger partial charge in [-0.25, -0.2) is 0 Å². The van der Waals surface area contributed by atoms with Gasteiger partial charge in [0, 0.05) is 29.4 Å². The summed E-state index contributed by atoms with van der Waals surface area (Å²) >= 11 is 5.87. The van der Waals surface area contributed by atoms with Crippen LogP contribution in [0.4, 0.5) is 11.4 Å². The van der Waals surface area contributed by atoms with Gasteiger partial charge in [-0.05, 0) is 47.5 Å². The van der Waals surface area contributed by atoms with Crippen LogP contribution in [0.25, 0.3) is 0 Å². The topological polar surface area (TPSA) is 64.4 Å². The molecule has 0 aliphatic carbocycles. The van der Waals surface area contributed by atoms with Crippen LogP contribution in [0.1, 0.15) is 11.1 Å². The number of ether oxygens (including phenoxy) is 1. The highest BCUT2D eigenvalue weighted by Crippen LogP contribution is 2.18. The fourth-order valence-electron chi connectivity index (χ4n) is 2.36. The van der Waals surface area contributed by atoms with E-state index in [2.05, 4.69) is 5.32 Å². The zero-order chi connectivity index (χ0) is 18.4. The highest BCUT2D eigenvalue weighted by atomic mass is 35.5. The molecule has 0 fully saturated rings. The molecule has 0 aliphatic heterocycles. The number of halogens is 1. The van der Waals surface area contributed by atoms with Gasteiger partial charge in [0.25, 0.3) is 5.69 Å². The second-order valence-electron chi connectivity index (χ2n) is 5.72. The van der Waals surface area contributed by atoms with E-state index >= 15 is 0 Å². The quantitative estimate of drug-likeness (QED) is 0.445. The van der Waals surface area contributed by atoms with Crippen molar-refractivity contribution in [2.45, 2.75) is 13.2 Å². The van der Waals surface area contributed by atoms with Crippen molar-refractivity contribution >= 4 is 23.0 Å². The highest BCUT2D eigenvalue weighted by Gasteiger charge is 2.04. The van der Waals surface area contributed by atoms with Crippen LogP contribution in [-0.4, -0.2) is 4.92 Å². The van der Waals surface area contributed by atoms with Crippen LogP contribution in [0.2, 0.25) is 5.02 Å². The summed E-state index contributed by atoms with van der Waals surface area (Å²) in [6, 6.07) is 21.7. The van der Waals surface area contributed by atoms with E-state index in [1.54, 1.807) is 12.1 Å². The molecule has 1 N–H and O–H groups in total. The summed E-state index contributed by atoms with van der Waals surface area (Å²) in [6.07, 6.45) is 0. The third-order valence-electron chi connectivity index (χ3n) is 3.82. The number of non-ortho nitro benzene ring substituents is 1. The van der Waals surface area contributed by atoms with Gasteiger partial charge in [0.05, 0.1) is 4.92 Å². The maximum Gasteiger partial charge on any atom is 0.269 e. The third-order valence-corrected chi connectivity index (χ3v) is 4.07. The normalized spacial score (nSPS) is 10.3. The van der Waals surface area contributed by atoms with E-state index < -0.39 is 4.92 Å². The minimum absolute atomic E-state index is 0.0812. The number of nitro groups is 1. The Kier molecular flexibility index (Phi) is 5.71. The molecule has 0 aliphatic rings. The van der Waals surface area contributed by atoms with Crippen LogP contribution in [0, 0.1) is 10.1 Å². The standard InChI is InChI=1S/C20H17ClN2O3/c21-17-5-1-16(2-6-17)14-26-20-11-3-15(4-12-20)13-22-18-7-9-19(10-8-18)23(24)25/h1-12,22H,13-14H2. The summed E-state index contributed by atoms with van der Waals surface area (Å²) in [5, 5.41) is 14.6. The number of nitrogens with zero attached hydrogens (tertiary/aromatic N) is 1. The van der Waals surface area contributed by atoms with E-state index in [1.807, 2.05) is 48.5 Å². The summed E-state index contributed by atoms with van der Waals surface area (Å²) in [6.45, 7) is 1.10. The highest BCUT2D eigenvalue weighted by molar-refractivity contribution is 6.30. The van der Waals surface area contributed by atoms with Gasteiger partial charge >= 0.3 is 0 Å². The van der Waals surface area contributed by atoms with Crippen molar-refractivity contribution in [2.24, 2.45) is 0 Å². The second-order valence-corrected chi connectivity index (χ2v) is 6.15. The molecular formula is C20H17ClN2O3. The lowest BCUT2D eigenvalue weighted by molar-refractivity contribution is -0.384. The lowest BCUT2D eigenvalue weighted by atomic mass is 10.2. The van der Waals surface area contributed by atoms with E-state index in [4.69, 9.17) is 16.3 Å². The summed E-state index contributed by atoms with van der Waals surface area (Å²) in [5.74, 6) is 0.791. The van der Waals surface area contributed by atoms with Crippen molar-refractivity contribution in [3.63, 3.8) is 0 Å². The van der Waals surface area contributed by atoms with E-state index in [-0.39, 0.29) is 5.69 Å². The zero-order valence-corrected chi connectivity index (χ0v) is 14.6. The number of hydrogen-bond donors (Lipinski definition) is 1. The third kappa shape index (κ3) is 4.97. The van der Waals surface area contributed by atoms with Crippen LogP contribution in [0.3, 0.4) is 0 Å². The van der Waals surface area contributed by atoms with Gasteiger partial charge in [-0.3, -0.25) is 10.1 Å². The molecule has 3 rings (SSSR count). The first-order valence-corrected chi connectivity index (χ1v) is 8.42. The Morgan fingerprint density at radius 1 is 0.885 bits per heavy atom. The fraction of sp³-hybridized carbons (Fsp3) is 0.100. The first kappa shape index (κ1) is 17.8. The molecule has 0 unspecified atom stereocenters. The summed E-state index contributed by atoms with van der Waals surface area (Å²) in [4.78, 5) is 10.2. The zero-order valence-electron chi connectivity index (χ0n) is 13.9. The van der Waals surface area contributed by atoms with Crippen LogP contribution in [-0.2, 0) is 13.2 Å². The number of nitrogens with one attached hydrogen (secondary N) is 1. The molecule has 0 heterocycles. The molecule has 132 valence electrons. The van der Waals surface area contributed by atoms with Crippen LogP contribution >= 0.6 is 11.6 Å². The molecule has 5 nitrogen and oxygen atoms in total. The largest absolute Gasteiger partial charge is 0.489 e. The molecule has 0 bridgehead atoms. The lowest BCUT2D eigenvalue weighted by Crippen LogP contribution is -2.00. The predicted octanol–water partition coefficient (Wildman–Crippen LogP) is 5.44. The molecule has 6 heteroatoms. The molecule has 0 spiro atoms. The van der Waals surface area contributed by atoms with Gasteiger partial charge in [-0.15, -0.1) is 0 Å². The first-order valence-electron chi connectivity index (χ1n) is 8.05. The van der Waals surface area contributed by atoms with Gasteiger partial charge in [0.1, 0.15) is 12.4 Å². The van der Waals surface area contributed by atoms with Gasteiger partial charge in [0.15, 0.2) is 0 Å². The molecular weight excluding hydrogens is 352 g/mol. The van der Waals surface area contributed by atoms with E-state index in [9.17, 15) is 10.1 Å². The Labute approximate surface area is 156 Å². The van der Waals surface area contributed by atoms with Crippen LogP contribution in [0.5, 0.6) is 5.75 Å². The van der Waals surface area contributed by atoms with E-state index in [0.717, 1.165) is 22.6 Å². The molecule has 0 amide bonds. The van der Waals surface area contributed by atoms with Crippen molar-refractivity contribution < 1.29 is 9.66 Å². The molecule has 3 aromatic carbocycles. The number of hydrogen-bond acceptors (Lipinski definition) is 4. The second kappa shape index (κ2) is 8.36. The number of anilines is 1.